The topological polar surface area (TPSA) is 60.2 Å². The van der Waals surface area contributed by atoms with Crippen molar-refractivity contribution in [2.45, 2.75) is 39.0 Å². The molecule has 0 bridgehead atoms. The molecule has 0 aliphatic heterocycles. The predicted octanol–water partition coefficient (Wildman–Crippen LogP) is 3.75. The molecule has 0 N–H and O–H groups in total. The summed E-state index contributed by atoms with van der Waals surface area (Å²) in [4.78, 5) is 21.7. The standard InChI is InChI=1S/C15H17NO3/c1-2-3-4-5-6-7-8-15(17)13-9-11-14(12-10-13)16(18)19/h9-12H,2-6H2,1H3. The molecule has 19 heavy (non-hydrogen) atoms. The van der Waals surface area contributed by atoms with Crippen LogP contribution >= 0.6 is 0 Å². The second-order valence-corrected chi connectivity index (χ2v) is 4.25. The smallest absolute Gasteiger partial charge is 0.269 e. The van der Waals surface area contributed by atoms with Crippen LogP contribution in [0.4, 0.5) is 5.69 Å². The molecular weight excluding hydrogens is 242 g/mol. The minimum Gasteiger partial charge on any atom is -0.279 e. The lowest BCUT2D eigenvalue weighted by Gasteiger charge is -1.94. The monoisotopic (exact) mass is 259 g/mol. The molecule has 0 spiro atoms. The van der Waals surface area contributed by atoms with Crippen molar-refractivity contribution in [3.8, 4) is 11.8 Å². The van der Waals surface area contributed by atoms with Gasteiger partial charge in [0.1, 0.15) is 0 Å². The molecule has 4 heteroatoms. The van der Waals surface area contributed by atoms with E-state index < -0.39 is 4.92 Å². The Balaban J connectivity index is 2.49. The fraction of sp³-hybridized carbons (Fsp3) is 0.400. The minimum atomic E-state index is -0.492. The molecule has 0 amide bonds. The fourth-order valence-corrected chi connectivity index (χ4v) is 1.59. The van der Waals surface area contributed by atoms with Crippen LogP contribution in [-0.2, 0) is 0 Å². The van der Waals surface area contributed by atoms with Crippen LogP contribution in [0.15, 0.2) is 24.3 Å². The predicted molar refractivity (Wildman–Crippen MR) is 74.0 cm³/mol. The van der Waals surface area contributed by atoms with E-state index in [1.54, 1.807) is 0 Å². The number of hydrogen-bond donors (Lipinski definition) is 0. The number of ketones is 1. The third kappa shape index (κ3) is 5.35. The van der Waals surface area contributed by atoms with Crippen LogP contribution in [0, 0.1) is 22.0 Å². The van der Waals surface area contributed by atoms with E-state index in [2.05, 4.69) is 18.8 Å². The van der Waals surface area contributed by atoms with E-state index in [9.17, 15) is 14.9 Å². The first-order valence-corrected chi connectivity index (χ1v) is 6.42. The zero-order valence-electron chi connectivity index (χ0n) is 11.0. The van der Waals surface area contributed by atoms with Gasteiger partial charge in [-0.1, -0.05) is 32.1 Å². The zero-order chi connectivity index (χ0) is 14.1. The molecule has 0 radical (unpaired) electrons. The maximum atomic E-state index is 11.7. The highest BCUT2D eigenvalue weighted by Crippen LogP contribution is 2.12. The molecule has 0 fully saturated rings. The molecule has 0 aliphatic rings. The number of unbranched alkanes of at least 4 members (excludes halogenated alkanes) is 4. The number of rotatable bonds is 6. The van der Waals surface area contributed by atoms with Crippen LogP contribution in [0.3, 0.4) is 0 Å². The maximum Gasteiger partial charge on any atom is 0.269 e. The number of Topliss-reactive ketones (excluding diaryl/α,β-unsaturated/α-hetero) is 1. The Hall–Kier alpha value is -2.15. The zero-order valence-corrected chi connectivity index (χ0v) is 11.0. The summed E-state index contributed by atoms with van der Waals surface area (Å²) in [5.41, 5.74) is 0.371. The van der Waals surface area contributed by atoms with Gasteiger partial charge < -0.3 is 0 Å². The number of carbonyl (C=O) groups is 1. The first kappa shape index (κ1) is 14.9. The molecule has 1 aromatic carbocycles. The van der Waals surface area contributed by atoms with E-state index in [-0.39, 0.29) is 11.5 Å². The number of nitrogens with zero attached hydrogens (tertiary/aromatic N) is 1. The molecule has 1 aromatic rings. The van der Waals surface area contributed by atoms with E-state index >= 15 is 0 Å². The normalized spacial score (nSPS) is 9.53. The lowest BCUT2D eigenvalue weighted by atomic mass is 10.1. The van der Waals surface area contributed by atoms with Gasteiger partial charge in [-0.05, 0) is 24.5 Å². The summed E-state index contributed by atoms with van der Waals surface area (Å²) in [5, 5.41) is 10.5. The Morgan fingerprint density at radius 3 is 2.47 bits per heavy atom. The van der Waals surface area contributed by atoms with Gasteiger partial charge in [-0.3, -0.25) is 14.9 Å². The number of hydrogen-bond acceptors (Lipinski definition) is 3. The number of carbonyl (C=O) groups excluding carboxylic acids is 1. The number of nitro benzene ring substituents is 1. The second kappa shape index (κ2) is 8.04. The SMILES string of the molecule is CCCCCCC#CC(=O)c1ccc([N+](=O)[O-])cc1. The number of benzene rings is 1. The van der Waals surface area contributed by atoms with Gasteiger partial charge in [-0.2, -0.15) is 0 Å². The third-order valence-corrected chi connectivity index (χ3v) is 2.70. The molecule has 0 aromatic heterocycles. The van der Waals surface area contributed by atoms with Crippen molar-refractivity contribution < 1.29 is 9.72 Å². The number of nitro groups is 1. The average molecular weight is 259 g/mol. The Morgan fingerprint density at radius 1 is 1.21 bits per heavy atom. The summed E-state index contributed by atoms with van der Waals surface area (Å²) in [5.74, 6) is 5.13. The van der Waals surface area contributed by atoms with Crippen LogP contribution in [0.1, 0.15) is 49.4 Å². The summed E-state index contributed by atoms with van der Waals surface area (Å²) < 4.78 is 0. The molecule has 0 saturated carbocycles. The molecule has 0 saturated heterocycles. The molecule has 0 aliphatic carbocycles. The van der Waals surface area contributed by atoms with Gasteiger partial charge >= 0.3 is 0 Å². The van der Waals surface area contributed by atoms with Gasteiger partial charge in [0, 0.05) is 24.1 Å². The van der Waals surface area contributed by atoms with Crippen LogP contribution in [-0.4, -0.2) is 10.7 Å². The molecule has 1 rings (SSSR count). The van der Waals surface area contributed by atoms with Crippen LogP contribution in [0.5, 0.6) is 0 Å². The Bertz CT molecular complexity index is 494. The highest BCUT2D eigenvalue weighted by atomic mass is 16.6. The van der Waals surface area contributed by atoms with Gasteiger partial charge in [0.15, 0.2) is 0 Å². The highest BCUT2D eigenvalue weighted by Gasteiger charge is 2.07. The van der Waals surface area contributed by atoms with Gasteiger partial charge in [-0.25, -0.2) is 0 Å². The number of non-ortho nitro benzene ring substituents is 1. The quantitative estimate of drug-likeness (QED) is 0.195. The van der Waals surface area contributed by atoms with Crippen molar-refractivity contribution in [3.63, 3.8) is 0 Å². The fourth-order valence-electron chi connectivity index (χ4n) is 1.59. The van der Waals surface area contributed by atoms with Crippen LogP contribution in [0.25, 0.3) is 0 Å². The maximum absolute atomic E-state index is 11.7. The first-order chi connectivity index (χ1) is 9.15. The second-order valence-electron chi connectivity index (χ2n) is 4.25. The van der Waals surface area contributed by atoms with E-state index in [0.717, 1.165) is 19.3 Å². The molecule has 0 atom stereocenters. The van der Waals surface area contributed by atoms with Crippen molar-refractivity contribution in [2.24, 2.45) is 0 Å². The van der Waals surface area contributed by atoms with Gasteiger partial charge in [-0.15, -0.1) is 0 Å². The summed E-state index contributed by atoms with van der Waals surface area (Å²) in [6.07, 6.45) is 5.23. The van der Waals surface area contributed by atoms with Crippen LogP contribution in [0.2, 0.25) is 0 Å². The van der Waals surface area contributed by atoms with Crippen molar-refractivity contribution in [3.05, 3.63) is 39.9 Å². The molecular formula is C15H17NO3. The summed E-state index contributed by atoms with van der Waals surface area (Å²) in [6.45, 7) is 2.14. The Kier molecular flexibility index (Phi) is 6.31. The van der Waals surface area contributed by atoms with E-state index in [4.69, 9.17) is 0 Å². The lowest BCUT2D eigenvalue weighted by Crippen LogP contribution is -1.95. The largest absolute Gasteiger partial charge is 0.279 e. The molecule has 0 heterocycles. The minimum absolute atomic E-state index is 0.0240. The van der Waals surface area contributed by atoms with E-state index in [0.29, 0.717) is 5.56 Å². The summed E-state index contributed by atoms with van der Waals surface area (Å²) in [6, 6.07) is 5.50. The van der Waals surface area contributed by atoms with Crippen molar-refractivity contribution >= 4 is 11.5 Å². The van der Waals surface area contributed by atoms with E-state index in [1.165, 1.54) is 37.1 Å². The highest BCUT2D eigenvalue weighted by molar-refractivity contribution is 6.09. The van der Waals surface area contributed by atoms with Gasteiger partial charge in [0.05, 0.1) is 4.92 Å². The van der Waals surface area contributed by atoms with Gasteiger partial charge in [0.2, 0.25) is 5.78 Å². The molecule has 4 nitrogen and oxygen atoms in total. The summed E-state index contributed by atoms with van der Waals surface area (Å²) >= 11 is 0. The van der Waals surface area contributed by atoms with Crippen molar-refractivity contribution in [1.29, 1.82) is 0 Å². The average Bonchev–Trinajstić information content (AvgIpc) is 2.42. The van der Waals surface area contributed by atoms with E-state index in [1.807, 2.05) is 0 Å². The first-order valence-electron chi connectivity index (χ1n) is 6.42. The Morgan fingerprint density at radius 2 is 1.89 bits per heavy atom. The third-order valence-electron chi connectivity index (χ3n) is 2.70. The van der Waals surface area contributed by atoms with Crippen molar-refractivity contribution in [2.75, 3.05) is 0 Å². The summed E-state index contributed by atoms with van der Waals surface area (Å²) in [7, 11) is 0. The lowest BCUT2D eigenvalue weighted by molar-refractivity contribution is -0.384. The van der Waals surface area contributed by atoms with Gasteiger partial charge in [0.25, 0.3) is 5.69 Å². The molecule has 0 unspecified atom stereocenters. The van der Waals surface area contributed by atoms with Crippen LogP contribution < -0.4 is 0 Å². The van der Waals surface area contributed by atoms with Crippen molar-refractivity contribution in [1.82, 2.24) is 0 Å². The molecule has 100 valence electrons. The Labute approximate surface area is 113 Å².